The van der Waals surface area contributed by atoms with Gasteiger partial charge in [-0.3, -0.25) is 4.72 Å². The molecule has 2 N–H and O–H groups in total. The normalized spacial score (nSPS) is 11.7. The lowest BCUT2D eigenvalue weighted by Crippen LogP contribution is -2.12. The van der Waals surface area contributed by atoms with E-state index < -0.39 is 10.0 Å². The molecule has 0 aliphatic carbocycles. The minimum absolute atomic E-state index is 0.157. The summed E-state index contributed by atoms with van der Waals surface area (Å²) in [6.07, 6.45) is 0. The van der Waals surface area contributed by atoms with E-state index in [0.717, 1.165) is 10.8 Å². The molecule has 0 radical (unpaired) electrons. The van der Waals surface area contributed by atoms with Crippen molar-refractivity contribution in [1.29, 1.82) is 0 Å². The molecule has 0 fully saturated rings. The van der Waals surface area contributed by atoms with Crippen LogP contribution in [0, 0.1) is 0 Å². The Morgan fingerprint density at radius 2 is 1.81 bits per heavy atom. The molecule has 1 aromatic heterocycles. The van der Waals surface area contributed by atoms with Gasteiger partial charge in [0.1, 0.15) is 0 Å². The number of aliphatic hydroxyl groups is 1. The Morgan fingerprint density at radius 1 is 1.05 bits per heavy atom. The van der Waals surface area contributed by atoms with E-state index in [1.165, 1.54) is 22.8 Å². The van der Waals surface area contributed by atoms with E-state index >= 15 is 0 Å². The number of rotatable bonds is 4. The van der Waals surface area contributed by atoms with Gasteiger partial charge in [-0.15, -0.1) is 11.3 Å². The van der Waals surface area contributed by atoms with Crippen molar-refractivity contribution in [3.63, 3.8) is 0 Å². The molecular weight excluding hydrogens is 306 g/mol. The first-order valence-corrected chi connectivity index (χ1v) is 8.65. The molecule has 3 rings (SSSR count). The fourth-order valence-corrected chi connectivity index (χ4v) is 4.23. The molecule has 0 saturated carbocycles. The highest BCUT2D eigenvalue weighted by Gasteiger charge is 2.16. The number of sulfonamides is 1. The number of hydrogen-bond donors (Lipinski definition) is 2. The van der Waals surface area contributed by atoms with Gasteiger partial charge in [-0.2, -0.15) is 0 Å². The van der Waals surface area contributed by atoms with Crippen LogP contribution in [0.2, 0.25) is 0 Å². The third-order valence-electron chi connectivity index (χ3n) is 3.10. The summed E-state index contributed by atoms with van der Waals surface area (Å²) < 4.78 is 27.1. The summed E-state index contributed by atoms with van der Waals surface area (Å²) in [4.78, 5) is 0.790. The lowest BCUT2D eigenvalue weighted by atomic mass is 10.1. The van der Waals surface area contributed by atoms with E-state index in [-0.39, 0.29) is 11.5 Å². The van der Waals surface area contributed by atoms with Crippen LogP contribution >= 0.6 is 11.3 Å². The Balaban J connectivity index is 1.93. The zero-order valence-electron chi connectivity index (χ0n) is 11.0. The standard InChI is InChI=1S/C15H13NO3S2/c17-9-14-8-15(10-20-14)21(18,19)16-13-6-5-11-3-1-2-4-12(11)7-13/h1-8,10,16-17H,9H2. The van der Waals surface area contributed by atoms with Gasteiger partial charge in [0.2, 0.25) is 0 Å². The number of thiophene rings is 1. The Bertz CT molecular complexity index is 885. The van der Waals surface area contributed by atoms with Gasteiger partial charge in [-0.1, -0.05) is 30.3 Å². The molecule has 0 unspecified atom stereocenters. The third kappa shape index (κ3) is 2.92. The van der Waals surface area contributed by atoms with Crippen molar-refractivity contribution in [2.24, 2.45) is 0 Å². The summed E-state index contributed by atoms with van der Waals surface area (Å²) in [6.45, 7) is -0.157. The zero-order valence-corrected chi connectivity index (χ0v) is 12.6. The van der Waals surface area contributed by atoms with Crippen molar-refractivity contribution >= 4 is 37.8 Å². The van der Waals surface area contributed by atoms with Gasteiger partial charge in [0.25, 0.3) is 10.0 Å². The molecule has 0 amide bonds. The quantitative estimate of drug-likeness (QED) is 0.776. The van der Waals surface area contributed by atoms with Crippen LogP contribution in [0.1, 0.15) is 4.88 Å². The summed E-state index contributed by atoms with van der Waals surface area (Å²) in [7, 11) is -3.62. The van der Waals surface area contributed by atoms with Crippen molar-refractivity contribution in [3.05, 3.63) is 58.8 Å². The van der Waals surface area contributed by atoms with E-state index in [0.29, 0.717) is 10.6 Å². The van der Waals surface area contributed by atoms with E-state index in [9.17, 15) is 8.42 Å². The average molecular weight is 319 g/mol. The Hall–Kier alpha value is -1.89. The first kappa shape index (κ1) is 14.1. The highest BCUT2D eigenvalue weighted by Crippen LogP contribution is 2.24. The molecule has 0 saturated heterocycles. The molecule has 108 valence electrons. The largest absolute Gasteiger partial charge is 0.391 e. The number of aliphatic hydroxyl groups excluding tert-OH is 1. The fraction of sp³-hybridized carbons (Fsp3) is 0.0667. The Morgan fingerprint density at radius 3 is 2.52 bits per heavy atom. The molecule has 0 bridgehead atoms. The van der Waals surface area contributed by atoms with Gasteiger partial charge in [-0.25, -0.2) is 8.42 Å². The van der Waals surface area contributed by atoms with Crippen molar-refractivity contribution in [2.45, 2.75) is 11.5 Å². The lowest BCUT2D eigenvalue weighted by molar-refractivity contribution is 0.285. The summed E-state index contributed by atoms with van der Waals surface area (Å²) in [5.74, 6) is 0. The fourth-order valence-electron chi connectivity index (χ4n) is 2.05. The Kier molecular flexibility index (Phi) is 3.67. The maximum Gasteiger partial charge on any atom is 0.262 e. The summed E-state index contributed by atoms with van der Waals surface area (Å²) in [5.41, 5.74) is 0.519. The Labute approximate surface area is 126 Å². The maximum atomic E-state index is 12.3. The number of fused-ring (bicyclic) bond motifs is 1. The third-order valence-corrected chi connectivity index (χ3v) is 5.53. The van der Waals surface area contributed by atoms with Crippen LogP contribution in [-0.2, 0) is 16.6 Å². The first-order valence-electron chi connectivity index (χ1n) is 6.28. The molecule has 21 heavy (non-hydrogen) atoms. The molecule has 6 heteroatoms. The van der Waals surface area contributed by atoms with Crippen LogP contribution in [0.3, 0.4) is 0 Å². The van der Waals surface area contributed by atoms with E-state index in [4.69, 9.17) is 5.11 Å². The van der Waals surface area contributed by atoms with Gasteiger partial charge < -0.3 is 5.11 Å². The monoisotopic (exact) mass is 319 g/mol. The molecule has 0 aliphatic rings. The van der Waals surface area contributed by atoms with Crippen LogP contribution in [0.15, 0.2) is 58.8 Å². The second-order valence-electron chi connectivity index (χ2n) is 4.57. The molecule has 1 heterocycles. The molecular formula is C15H13NO3S2. The summed E-state index contributed by atoms with van der Waals surface area (Å²) in [5, 5.41) is 12.6. The van der Waals surface area contributed by atoms with Crippen molar-refractivity contribution in [3.8, 4) is 0 Å². The lowest BCUT2D eigenvalue weighted by Gasteiger charge is -2.07. The zero-order chi connectivity index (χ0) is 14.9. The van der Waals surface area contributed by atoms with Crippen molar-refractivity contribution < 1.29 is 13.5 Å². The SMILES string of the molecule is O=S(=O)(Nc1ccc2ccccc2c1)c1csc(CO)c1. The molecule has 4 nitrogen and oxygen atoms in total. The highest BCUT2D eigenvalue weighted by molar-refractivity contribution is 7.92. The second-order valence-corrected chi connectivity index (χ2v) is 7.25. The molecule has 2 aromatic carbocycles. The van der Waals surface area contributed by atoms with Crippen LogP contribution in [0.5, 0.6) is 0 Å². The minimum atomic E-state index is -3.62. The molecule has 0 spiro atoms. The van der Waals surface area contributed by atoms with Gasteiger partial charge in [0, 0.05) is 15.9 Å². The van der Waals surface area contributed by atoms with Gasteiger partial charge >= 0.3 is 0 Å². The number of nitrogens with one attached hydrogen (secondary N) is 1. The topological polar surface area (TPSA) is 66.4 Å². The number of hydrogen-bond acceptors (Lipinski definition) is 4. The van der Waals surface area contributed by atoms with Crippen LogP contribution in [-0.4, -0.2) is 13.5 Å². The number of anilines is 1. The second kappa shape index (κ2) is 5.48. The summed E-state index contributed by atoms with van der Waals surface area (Å²) in [6, 6.07) is 14.6. The van der Waals surface area contributed by atoms with Gasteiger partial charge in [0.05, 0.1) is 11.5 Å². The summed E-state index contributed by atoms with van der Waals surface area (Å²) >= 11 is 1.22. The first-order chi connectivity index (χ1) is 10.1. The predicted octanol–water partition coefficient (Wildman–Crippen LogP) is 3.19. The van der Waals surface area contributed by atoms with Crippen LogP contribution < -0.4 is 4.72 Å². The number of benzene rings is 2. The van der Waals surface area contributed by atoms with Gasteiger partial charge in [0.15, 0.2) is 0 Å². The smallest absolute Gasteiger partial charge is 0.262 e. The minimum Gasteiger partial charge on any atom is -0.391 e. The highest BCUT2D eigenvalue weighted by atomic mass is 32.2. The van der Waals surface area contributed by atoms with Crippen molar-refractivity contribution in [2.75, 3.05) is 4.72 Å². The molecule has 0 aliphatic heterocycles. The molecule has 0 atom stereocenters. The van der Waals surface area contributed by atoms with E-state index in [1.807, 2.05) is 30.3 Å². The predicted molar refractivity (Wildman–Crippen MR) is 85.0 cm³/mol. The maximum absolute atomic E-state index is 12.3. The van der Waals surface area contributed by atoms with Crippen LogP contribution in [0.4, 0.5) is 5.69 Å². The van der Waals surface area contributed by atoms with Crippen molar-refractivity contribution in [1.82, 2.24) is 0 Å². The van der Waals surface area contributed by atoms with Gasteiger partial charge in [-0.05, 0) is 29.0 Å². The molecule has 3 aromatic rings. The average Bonchev–Trinajstić information content (AvgIpc) is 2.96. The van der Waals surface area contributed by atoms with E-state index in [1.54, 1.807) is 12.1 Å². The van der Waals surface area contributed by atoms with Crippen LogP contribution in [0.25, 0.3) is 10.8 Å². The van der Waals surface area contributed by atoms with E-state index in [2.05, 4.69) is 4.72 Å².